The standard InChI is InChI=1S/C18H21F2N5O2S/c19-12-4-3-10(6-13(12)20)7-15(25-17(27)14-2-1-5-22-14)16(26)23-8-11-9-24-18(21)28-11/h3-4,6,9,14-15,22H,1-2,5,7-8H2,(H2,21,24)(H,23,26)(H,25,27)/t14-,15+/m1/s1. The van der Waals surface area contributed by atoms with E-state index in [9.17, 15) is 18.4 Å². The Morgan fingerprint density at radius 3 is 2.82 bits per heavy atom. The minimum atomic E-state index is -0.999. The zero-order chi connectivity index (χ0) is 20.1. The van der Waals surface area contributed by atoms with Gasteiger partial charge >= 0.3 is 0 Å². The summed E-state index contributed by atoms with van der Waals surface area (Å²) in [6.45, 7) is 0.949. The fourth-order valence-corrected chi connectivity index (χ4v) is 3.62. The van der Waals surface area contributed by atoms with Crippen LogP contribution in [-0.2, 0) is 22.6 Å². The molecule has 0 bridgehead atoms. The Labute approximate surface area is 164 Å². The van der Waals surface area contributed by atoms with Gasteiger partial charge < -0.3 is 21.7 Å². The number of hydrogen-bond acceptors (Lipinski definition) is 6. The van der Waals surface area contributed by atoms with Gasteiger partial charge in [-0.2, -0.15) is 0 Å². The van der Waals surface area contributed by atoms with Crippen molar-refractivity contribution in [3.8, 4) is 0 Å². The molecular weight excluding hydrogens is 388 g/mol. The van der Waals surface area contributed by atoms with Crippen molar-refractivity contribution in [1.82, 2.24) is 20.9 Å². The van der Waals surface area contributed by atoms with Gasteiger partial charge in [0.05, 0.1) is 12.6 Å². The minimum absolute atomic E-state index is 0.0341. The molecule has 1 aliphatic rings. The van der Waals surface area contributed by atoms with Crippen molar-refractivity contribution >= 4 is 28.3 Å². The molecule has 2 atom stereocenters. The molecule has 7 nitrogen and oxygen atoms in total. The molecule has 10 heteroatoms. The Morgan fingerprint density at radius 1 is 1.36 bits per heavy atom. The maximum atomic E-state index is 13.5. The number of nitrogens with zero attached hydrogens (tertiary/aromatic N) is 1. The number of carbonyl (C=O) groups excluding carboxylic acids is 2. The molecule has 3 rings (SSSR count). The van der Waals surface area contributed by atoms with Gasteiger partial charge in [0.15, 0.2) is 16.8 Å². The molecule has 0 unspecified atom stereocenters. The van der Waals surface area contributed by atoms with Crippen LogP contribution >= 0.6 is 11.3 Å². The molecule has 0 saturated carbocycles. The zero-order valence-corrected chi connectivity index (χ0v) is 15.8. The number of nitrogen functional groups attached to an aromatic ring is 1. The number of benzene rings is 1. The fraction of sp³-hybridized carbons (Fsp3) is 0.389. The first kappa shape index (κ1) is 20.2. The minimum Gasteiger partial charge on any atom is -0.375 e. The van der Waals surface area contributed by atoms with Crippen LogP contribution < -0.4 is 21.7 Å². The van der Waals surface area contributed by atoms with E-state index in [-0.39, 0.29) is 24.9 Å². The number of nitrogens with one attached hydrogen (secondary N) is 3. The summed E-state index contributed by atoms with van der Waals surface area (Å²) in [5.74, 6) is -2.68. The van der Waals surface area contributed by atoms with Crippen LogP contribution in [0.5, 0.6) is 0 Å². The number of anilines is 1. The van der Waals surface area contributed by atoms with Gasteiger partial charge in [-0.3, -0.25) is 9.59 Å². The summed E-state index contributed by atoms with van der Waals surface area (Å²) in [6, 6.07) is 2.13. The summed E-state index contributed by atoms with van der Waals surface area (Å²) in [7, 11) is 0. The maximum Gasteiger partial charge on any atom is 0.243 e. The molecule has 2 amide bonds. The van der Waals surface area contributed by atoms with Gasteiger partial charge in [0, 0.05) is 17.5 Å². The normalized spacial score (nSPS) is 17.3. The van der Waals surface area contributed by atoms with Gasteiger partial charge in [0.1, 0.15) is 6.04 Å². The quantitative estimate of drug-likeness (QED) is 0.548. The van der Waals surface area contributed by atoms with Crippen molar-refractivity contribution in [1.29, 1.82) is 0 Å². The first-order valence-electron chi connectivity index (χ1n) is 8.88. The second-order valence-corrected chi connectivity index (χ2v) is 7.69. The van der Waals surface area contributed by atoms with E-state index in [4.69, 9.17) is 5.73 Å². The highest BCUT2D eigenvalue weighted by Crippen LogP contribution is 2.15. The number of aromatic nitrogens is 1. The third-order valence-corrected chi connectivity index (χ3v) is 5.27. The summed E-state index contributed by atoms with van der Waals surface area (Å²) >= 11 is 1.25. The highest BCUT2D eigenvalue weighted by atomic mass is 32.1. The molecule has 2 heterocycles. The Bertz CT molecular complexity index is 854. The second-order valence-electron chi connectivity index (χ2n) is 6.55. The molecule has 5 N–H and O–H groups in total. The van der Waals surface area contributed by atoms with Crippen LogP contribution in [0.15, 0.2) is 24.4 Å². The van der Waals surface area contributed by atoms with E-state index in [1.54, 1.807) is 6.20 Å². The monoisotopic (exact) mass is 409 g/mol. The van der Waals surface area contributed by atoms with Crippen LogP contribution in [0, 0.1) is 11.6 Å². The van der Waals surface area contributed by atoms with E-state index in [0.29, 0.717) is 17.1 Å². The molecule has 1 fully saturated rings. The molecule has 0 radical (unpaired) electrons. The van der Waals surface area contributed by atoms with E-state index in [2.05, 4.69) is 20.9 Å². The van der Waals surface area contributed by atoms with E-state index < -0.39 is 23.6 Å². The molecular formula is C18H21F2N5O2S. The average molecular weight is 409 g/mol. The number of carbonyl (C=O) groups is 2. The molecule has 0 spiro atoms. The molecule has 1 aromatic heterocycles. The van der Waals surface area contributed by atoms with Gasteiger partial charge in [0.25, 0.3) is 0 Å². The van der Waals surface area contributed by atoms with E-state index in [0.717, 1.165) is 30.0 Å². The number of thiazole rings is 1. The third-order valence-electron chi connectivity index (χ3n) is 4.44. The summed E-state index contributed by atoms with van der Waals surface area (Å²) in [5.41, 5.74) is 5.98. The first-order valence-corrected chi connectivity index (χ1v) is 9.69. The van der Waals surface area contributed by atoms with E-state index in [1.165, 1.54) is 17.4 Å². The van der Waals surface area contributed by atoms with Gasteiger partial charge in [-0.05, 0) is 37.1 Å². The van der Waals surface area contributed by atoms with Crippen LogP contribution in [0.4, 0.5) is 13.9 Å². The van der Waals surface area contributed by atoms with Crippen LogP contribution in [-0.4, -0.2) is 35.4 Å². The largest absolute Gasteiger partial charge is 0.375 e. The lowest BCUT2D eigenvalue weighted by Gasteiger charge is -2.21. The highest BCUT2D eigenvalue weighted by Gasteiger charge is 2.27. The average Bonchev–Trinajstić information content (AvgIpc) is 3.34. The van der Waals surface area contributed by atoms with Crippen LogP contribution in [0.3, 0.4) is 0 Å². The Morgan fingerprint density at radius 2 is 2.18 bits per heavy atom. The lowest BCUT2D eigenvalue weighted by molar-refractivity contribution is -0.129. The molecule has 1 saturated heterocycles. The zero-order valence-electron chi connectivity index (χ0n) is 15.0. The predicted octanol–water partition coefficient (Wildman–Crippen LogP) is 1.10. The van der Waals surface area contributed by atoms with Crippen molar-refractivity contribution in [2.24, 2.45) is 0 Å². The topological polar surface area (TPSA) is 109 Å². The Kier molecular flexibility index (Phi) is 6.53. The summed E-state index contributed by atoms with van der Waals surface area (Å²) in [5, 5.41) is 8.90. The molecule has 0 aliphatic carbocycles. The van der Waals surface area contributed by atoms with Crippen LogP contribution in [0.25, 0.3) is 0 Å². The van der Waals surface area contributed by atoms with Crippen LogP contribution in [0.1, 0.15) is 23.3 Å². The van der Waals surface area contributed by atoms with Crippen LogP contribution in [0.2, 0.25) is 0 Å². The number of amides is 2. The van der Waals surface area contributed by atoms with Crippen molar-refractivity contribution in [2.75, 3.05) is 12.3 Å². The van der Waals surface area contributed by atoms with Gasteiger partial charge in [-0.25, -0.2) is 13.8 Å². The summed E-state index contributed by atoms with van der Waals surface area (Å²) in [4.78, 5) is 29.8. The number of rotatable bonds is 7. The molecule has 2 aromatic rings. The Balaban J connectivity index is 1.69. The molecule has 1 aliphatic heterocycles. The Hall–Kier alpha value is -2.59. The summed E-state index contributed by atoms with van der Waals surface area (Å²) in [6.07, 6.45) is 3.16. The predicted molar refractivity (Wildman–Crippen MR) is 101 cm³/mol. The van der Waals surface area contributed by atoms with Gasteiger partial charge in [-0.15, -0.1) is 11.3 Å². The number of nitrogens with two attached hydrogens (primary N) is 1. The smallest absolute Gasteiger partial charge is 0.243 e. The number of halogens is 2. The first-order chi connectivity index (χ1) is 13.4. The third kappa shape index (κ3) is 5.23. The summed E-state index contributed by atoms with van der Waals surface area (Å²) < 4.78 is 26.7. The van der Waals surface area contributed by atoms with Crippen molar-refractivity contribution in [2.45, 2.75) is 37.9 Å². The van der Waals surface area contributed by atoms with Crippen molar-refractivity contribution < 1.29 is 18.4 Å². The number of hydrogen-bond donors (Lipinski definition) is 4. The van der Waals surface area contributed by atoms with Gasteiger partial charge in [0.2, 0.25) is 11.8 Å². The van der Waals surface area contributed by atoms with E-state index in [1.807, 2.05) is 0 Å². The molecule has 1 aromatic carbocycles. The van der Waals surface area contributed by atoms with E-state index >= 15 is 0 Å². The molecule has 150 valence electrons. The maximum absolute atomic E-state index is 13.5. The SMILES string of the molecule is Nc1ncc(CNC(=O)[C@H](Cc2ccc(F)c(F)c2)NC(=O)[C@H]2CCCN2)s1. The second kappa shape index (κ2) is 9.07. The molecule has 28 heavy (non-hydrogen) atoms. The lowest BCUT2D eigenvalue weighted by atomic mass is 10.0. The van der Waals surface area contributed by atoms with Gasteiger partial charge in [-0.1, -0.05) is 6.07 Å². The fourth-order valence-electron chi connectivity index (χ4n) is 2.99. The van der Waals surface area contributed by atoms with Crippen molar-refractivity contribution in [3.05, 3.63) is 46.5 Å². The van der Waals surface area contributed by atoms with Crippen molar-refractivity contribution in [3.63, 3.8) is 0 Å². The highest BCUT2D eigenvalue weighted by molar-refractivity contribution is 7.15. The lowest BCUT2D eigenvalue weighted by Crippen LogP contribution is -2.52.